The molecule has 0 bridgehead atoms. The summed E-state index contributed by atoms with van der Waals surface area (Å²) in [7, 11) is 0. The molecule has 0 aliphatic carbocycles. The molecular formula is C24H32N2O2. The fourth-order valence-corrected chi connectivity index (χ4v) is 3.49. The molecule has 0 saturated heterocycles. The lowest BCUT2D eigenvalue weighted by Crippen LogP contribution is -2.56. The summed E-state index contributed by atoms with van der Waals surface area (Å²) in [6.07, 6.45) is 1.72. The van der Waals surface area contributed by atoms with Crippen molar-refractivity contribution in [2.24, 2.45) is 5.41 Å². The Morgan fingerprint density at radius 1 is 0.964 bits per heavy atom. The highest BCUT2D eigenvalue weighted by Gasteiger charge is 2.35. The van der Waals surface area contributed by atoms with E-state index in [1.54, 1.807) is 17.1 Å². The van der Waals surface area contributed by atoms with Crippen LogP contribution in [0.25, 0.3) is 0 Å². The second-order valence-electron chi connectivity index (χ2n) is 8.53. The average molecular weight is 381 g/mol. The minimum atomic E-state index is -0.274. The van der Waals surface area contributed by atoms with Crippen LogP contribution in [0.1, 0.15) is 72.4 Å². The molecule has 2 aromatic rings. The van der Waals surface area contributed by atoms with Crippen molar-refractivity contribution in [3.8, 4) is 0 Å². The van der Waals surface area contributed by atoms with Crippen LogP contribution in [0.4, 0.5) is 0 Å². The van der Waals surface area contributed by atoms with Crippen molar-refractivity contribution in [3.63, 3.8) is 0 Å². The zero-order valence-electron chi connectivity index (χ0n) is 17.9. The second kappa shape index (κ2) is 9.05. The number of aryl methyl sites for hydroxylation is 2. The number of carbonyl (C=O) groups excluding carboxylic acids is 2. The number of carbonyl (C=O) groups is 2. The van der Waals surface area contributed by atoms with Crippen molar-refractivity contribution in [2.45, 2.75) is 60.4 Å². The molecule has 0 fully saturated rings. The van der Waals surface area contributed by atoms with Crippen molar-refractivity contribution >= 4 is 11.8 Å². The third-order valence-corrected chi connectivity index (χ3v) is 4.82. The van der Waals surface area contributed by atoms with Crippen LogP contribution in [0.2, 0.25) is 0 Å². The first-order valence-corrected chi connectivity index (χ1v) is 9.91. The molecule has 0 saturated carbocycles. The molecule has 0 radical (unpaired) electrons. The molecule has 28 heavy (non-hydrogen) atoms. The van der Waals surface area contributed by atoms with Crippen LogP contribution in [-0.4, -0.2) is 22.9 Å². The van der Waals surface area contributed by atoms with E-state index in [9.17, 15) is 9.59 Å². The Labute approximate surface area is 168 Å². The van der Waals surface area contributed by atoms with Crippen LogP contribution in [0.3, 0.4) is 0 Å². The highest BCUT2D eigenvalue weighted by molar-refractivity contribution is 5.99. The van der Waals surface area contributed by atoms with Crippen molar-refractivity contribution in [2.75, 3.05) is 0 Å². The van der Waals surface area contributed by atoms with Gasteiger partial charge in [-0.3, -0.25) is 15.0 Å². The predicted octanol–water partition coefficient (Wildman–Crippen LogP) is 5.31. The summed E-state index contributed by atoms with van der Waals surface area (Å²) >= 11 is 0. The number of hydrogen-bond donors (Lipinski definition) is 1. The fraction of sp³-hybridized carbons (Fsp3) is 0.417. The molecule has 0 aliphatic heterocycles. The molecule has 2 rings (SSSR count). The summed E-state index contributed by atoms with van der Waals surface area (Å²) < 4.78 is 0. The summed E-state index contributed by atoms with van der Waals surface area (Å²) in [6.45, 7) is 12.3. The van der Waals surface area contributed by atoms with E-state index in [-0.39, 0.29) is 23.3 Å². The lowest BCUT2D eigenvalue weighted by molar-refractivity contribution is 0.0271. The number of hydrazine groups is 1. The minimum absolute atomic E-state index is 0.126. The number of benzene rings is 2. The molecule has 1 N–H and O–H groups in total. The summed E-state index contributed by atoms with van der Waals surface area (Å²) in [5, 5.41) is 1.55. The number of hydrogen-bond acceptors (Lipinski definition) is 2. The zero-order chi connectivity index (χ0) is 20.9. The number of rotatable bonds is 5. The number of nitrogens with zero attached hydrogens (tertiary/aromatic N) is 1. The van der Waals surface area contributed by atoms with Gasteiger partial charge in [0.1, 0.15) is 0 Å². The molecule has 1 atom stereocenters. The molecule has 0 heterocycles. The summed E-state index contributed by atoms with van der Waals surface area (Å²) in [5.41, 5.74) is 5.90. The molecule has 1 unspecified atom stereocenters. The zero-order valence-corrected chi connectivity index (χ0v) is 17.9. The molecule has 4 nitrogen and oxygen atoms in total. The van der Waals surface area contributed by atoms with Gasteiger partial charge in [0.15, 0.2) is 0 Å². The topological polar surface area (TPSA) is 49.4 Å². The van der Waals surface area contributed by atoms with Crippen molar-refractivity contribution < 1.29 is 9.59 Å². The van der Waals surface area contributed by atoms with Gasteiger partial charge in [0.05, 0.1) is 6.04 Å². The quantitative estimate of drug-likeness (QED) is 0.715. The lowest BCUT2D eigenvalue weighted by Gasteiger charge is -2.40. The SMILES string of the molecule is CCCC(N(NC(=O)c1ccccc1)C(=O)c1cc(C)cc(C)c1)C(C)(C)C. The first-order chi connectivity index (χ1) is 13.1. The second-order valence-corrected chi connectivity index (χ2v) is 8.53. The van der Waals surface area contributed by atoms with Gasteiger partial charge in [-0.25, -0.2) is 5.01 Å². The highest BCUT2D eigenvalue weighted by Crippen LogP contribution is 2.28. The standard InChI is InChI=1S/C24H32N2O2/c1-7-11-21(24(4,5)6)26(25-22(27)19-12-9-8-10-13-19)23(28)20-15-17(2)14-18(3)16-20/h8-10,12-16,21H,7,11H2,1-6H3,(H,25,27). The third kappa shape index (κ3) is 5.44. The summed E-state index contributed by atoms with van der Waals surface area (Å²) in [6, 6.07) is 14.7. The Hall–Kier alpha value is -2.62. The number of amides is 2. The van der Waals surface area contributed by atoms with E-state index < -0.39 is 0 Å². The molecule has 0 aliphatic rings. The molecule has 0 aromatic heterocycles. The number of nitrogens with one attached hydrogen (secondary N) is 1. The monoisotopic (exact) mass is 380 g/mol. The Kier molecular flexibility index (Phi) is 7.00. The van der Waals surface area contributed by atoms with Gasteiger partial charge in [-0.2, -0.15) is 0 Å². The van der Waals surface area contributed by atoms with E-state index in [1.807, 2.05) is 50.2 Å². The van der Waals surface area contributed by atoms with Gasteiger partial charge in [0.25, 0.3) is 11.8 Å². The van der Waals surface area contributed by atoms with E-state index in [0.717, 1.165) is 24.0 Å². The van der Waals surface area contributed by atoms with Gasteiger partial charge in [0.2, 0.25) is 0 Å². The normalized spacial score (nSPS) is 12.4. The van der Waals surface area contributed by atoms with Gasteiger partial charge >= 0.3 is 0 Å². The van der Waals surface area contributed by atoms with Gasteiger partial charge in [-0.15, -0.1) is 0 Å². The first kappa shape index (κ1) is 21.7. The van der Waals surface area contributed by atoms with Crippen molar-refractivity contribution in [1.82, 2.24) is 10.4 Å². The van der Waals surface area contributed by atoms with Crippen LogP contribution in [0.5, 0.6) is 0 Å². The van der Waals surface area contributed by atoms with E-state index >= 15 is 0 Å². The van der Waals surface area contributed by atoms with Crippen LogP contribution < -0.4 is 5.43 Å². The predicted molar refractivity (Wildman–Crippen MR) is 114 cm³/mol. The third-order valence-electron chi connectivity index (χ3n) is 4.82. The molecule has 0 spiro atoms. The fourth-order valence-electron chi connectivity index (χ4n) is 3.49. The summed E-state index contributed by atoms with van der Waals surface area (Å²) in [4.78, 5) is 26.3. The molecule has 150 valence electrons. The van der Waals surface area contributed by atoms with Crippen LogP contribution >= 0.6 is 0 Å². The Bertz CT molecular complexity index is 802. The highest BCUT2D eigenvalue weighted by atomic mass is 16.2. The Morgan fingerprint density at radius 2 is 1.54 bits per heavy atom. The smallest absolute Gasteiger partial charge is 0.267 e. The summed E-state index contributed by atoms with van der Waals surface area (Å²) in [5.74, 6) is -0.451. The van der Waals surface area contributed by atoms with Crippen LogP contribution in [-0.2, 0) is 0 Å². The van der Waals surface area contributed by atoms with Gasteiger partial charge in [-0.1, -0.05) is 69.5 Å². The van der Waals surface area contributed by atoms with E-state index in [1.165, 1.54) is 0 Å². The maximum atomic E-state index is 13.5. The van der Waals surface area contributed by atoms with Gasteiger partial charge in [-0.05, 0) is 49.9 Å². The molecular weight excluding hydrogens is 348 g/mol. The maximum Gasteiger partial charge on any atom is 0.272 e. The van der Waals surface area contributed by atoms with Crippen molar-refractivity contribution in [3.05, 3.63) is 70.8 Å². The largest absolute Gasteiger partial charge is 0.272 e. The van der Waals surface area contributed by atoms with E-state index in [2.05, 4.69) is 33.1 Å². The average Bonchev–Trinajstić information content (AvgIpc) is 2.63. The van der Waals surface area contributed by atoms with Crippen molar-refractivity contribution in [1.29, 1.82) is 0 Å². The lowest BCUT2D eigenvalue weighted by atomic mass is 9.83. The van der Waals surface area contributed by atoms with Gasteiger partial charge < -0.3 is 0 Å². The molecule has 2 aromatic carbocycles. The molecule has 2 amide bonds. The Balaban J connectivity index is 2.45. The maximum absolute atomic E-state index is 13.5. The Morgan fingerprint density at radius 3 is 2.04 bits per heavy atom. The minimum Gasteiger partial charge on any atom is -0.267 e. The van der Waals surface area contributed by atoms with Crippen LogP contribution in [0.15, 0.2) is 48.5 Å². The van der Waals surface area contributed by atoms with E-state index in [4.69, 9.17) is 0 Å². The van der Waals surface area contributed by atoms with Crippen LogP contribution in [0, 0.1) is 19.3 Å². The van der Waals surface area contributed by atoms with E-state index in [0.29, 0.717) is 11.1 Å². The first-order valence-electron chi connectivity index (χ1n) is 9.91. The molecule has 4 heteroatoms. The van der Waals surface area contributed by atoms with Gasteiger partial charge in [0, 0.05) is 11.1 Å².